The van der Waals surface area contributed by atoms with Gasteiger partial charge in [0.2, 0.25) is 0 Å². The first-order valence-electron chi connectivity index (χ1n) is 12.9. The predicted octanol–water partition coefficient (Wildman–Crippen LogP) is 2.11. The van der Waals surface area contributed by atoms with Crippen molar-refractivity contribution in [3.8, 4) is 0 Å². The minimum Gasteiger partial charge on any atom is -0.378 e. The number of methoxy groups -OCH3 is 1. The standard InChI is InChI=1S/C26H31N7O4/c1-25(36-3)8-4-6-14(11-25)29-23(34)15-12-28-33-19(27-2)10-18(31-22(15)33)30-17-7-5-9-32(24(17)35)26-16-13-37-21(26)20(16)26/h5,7,9-10,12,14,16,20-21,27H,4,6,8,11,13H2,1-3H3,(H,29,34)(H,30,31)/t14-,16-,20-,21?,25-,26-/m1/s1. The Morgan fingerprint density at radius 1 is 1.35 bits per heavy atom. The second kappa shape index (κ2) is 7.78. The molecule has 5 aliphatic rings. The van der Waals surface area contributed by atoms with E-state index in [1.807, 2.05) is 16.8 Å². The predicted molar refractivity (Wildman–Crippen MR) is 136 cm³/mol. The summed E-state index contributed by atoms with van der Waals surface area (Å²) in [6.07, 6.45) is 7.19. The first-order valence-corrected chi connectivity index (χ1v) is 12.9. The fourth-order valence-corrected chi connectivity index (χ4v) is 6.76. The van der Waals surface area contributed by atoms with E-state index in [4.69, 9.17) is 14.5 Å². The highest BCUT2D eigenvalue weighted by Crippen LogP contribution is 2.82. The second-order valence-corrected chi connectivity index (χ2v) is 11.0. The largest absolute Gasteiger partial charge is 0.378 e. The van der Waals surface area contributed by atoms with E-state index in [0.717, 1.165) is 32.3 Å². The van der Waals surface area contributed by atoms with Crippen LogP contribution in [0.5, 0.6) is 0 Å². The van der Waals surface area contributed by atoms with Crippen molar-refractivity contribution in [3.05, 3.63) is 46.5 Å². The van der Waals surface area contributed by atoms with Crippen LogP contribution in [0.1, 0.15) is 43.0 Å². The number of rotatable bonds is 7. The van der Waals surface area contributed by atoms with E-state index in [0.29, 0.717) is 40.4 Å². The molecule has 2 aliphatic heterocycles. The Kier molecular flexibility index (Phi) is 4.78. The van der Waals surface area contributed by atoms with Gasteiger partial charge in [0.1, 0.15) is 22.9 Å². The van der Waals surface area contributed by atoms with Crippen LogP contribution < -0.4 is 21.5 Å². The van der Waals surface area contributed by atoms with E-state index in [1.165, 1.54) is 6.20 Å². The lowest BCUT2D eigenvalue weighted by molar-refractivity contribution is -0.0314. The fraction of sp³-hybridized carbons (Fsp3) is 0.538. The zero-order valence-electron chi connectivity index (χ0n) is 21.2. The van der Waals surface area contributed by atoms with Gasteiger partial charge in [0, 0.05) is 44.3 Å². The number of anilines is 3. The van der Waals surface area contributed by atoms with Gasteiger partial charge in [-0.15, -0.1) is 0 Å². The van der Waals surface area contributed by atoms with Crippen molar-refractivity contribution in [2.24, 2.45) is 11.8 Å². The Morgan fingerprint density at radius 3 is 2.95 bits per heavy atom. The smallest absolute Gasteiger partial charge is 0.274 e. The molecular formula is C26H31N7O4. The molecule has 6 atom stereocenters. The first-order chi connectivity index (χ1) is 17.9. The summed E-state index contributed by atoms with van der Waals surface area (Å²) in [6.45, 7) is 2.82. The van der Waals surface area contributed by atoms with Gasteiger partial charge < -0.3 is 30.0 Å². The van der Waals surface area contributed by atoms with Gasteiger partial charge in [0.15, 0.2) is 5.65 Å². The van der Waals surface area contributed by atoms with Gasteiger partial charge in [0.05, 0.1) is 30.0 Å². The van der Waals surface area contributed by atoms with Crippen LogP contribution in [0.2, 0.25) is 0 Å². The van der Waals surface area contributed by atoms with Crippen LogP contribution in [-0.2, 0) is 15.0 Å². The van der Waals surface area contributed by atoms with E-state index in [2.05, 4.69) is 28.0 Å². The van der Waals surface area contributed by atoms with Gasteiger partial charge in [-0.3, -0.25) is 9.59 Å². The fourth-order valence-electron chi connectivity index (χ4n) is 6.76. The number of amides is 1. The first kappa shape index (κ1) is 22.7. The van der Waals surface area contributed by atoms with Crippen molar-refractivity contribution in [2.75, 3.05) is 31.4 Å². The highest BCUT2D eigenvalue weighted by molar-refractivity contribution is 6.00. The van der Waals surface area contributed by atoms with Crippen LogP contribution >= 0.6 is 0 Å². The number of hydrogen-bond acceptors (Lipinski definition) is 8. The summed E-state index contributed by atoms with van der Waals surface area (Å²) in [7, 11) is 3.50. The number of carbonyl (C=O) groups is 1. The van der Waals surface area contributed by atoms with Crippen LogP contribution in [0.25, 0.3) is 5.65 Å². The van der Waals surface area contributed by atoms with Crippen molar-refractivity contribution in [3.63, 3.8) is 0 Å². The molecule has 11 nitrogen and oxygen atoms in total. The number of nitrogens with one attached hydrogen (secondary N) is 3. The van der Waals surface area contributed by atoms with E-state index < -0.39 is 0 Å². The van der Waals surface area contributed by atoms with Gasteiger partial charge in [0.25, 0.3) is 11.5 Å². The topological polar surface area (TPSA) is 124 Å². The molecule has 1 amide bonds. The third-order valence-corrected chi connectivity index (χ3v) is 8.94. The molecule has 37 heavy (non-hydrogen) atoms. The molecule has 0 radical (unpaired) electrons. The summed E-state index contributed by atoms with van der Waals surface area (Å²) in [6, 6.07) is 5.41. The molecule has 1 unspecified atom stereocenters. The lowest BCUT2D eigenvalue weighted by Crippen LogP contribution is -2.45. The molecule has 0 spiro atoms. The van der Waals surface area contributed by atoms with Crippen LogP contribution in [0, 0.1) is 11.8 Å². The maximum Gasteiger partial charge on any atom is 0.274 e. The molecule has 3 aromatic rings. The van der Waals surface area contributed by atoms with Crippen molar-refractivity contribution < 1.29 is 14.3 Å². The van der Waals surface area contributed by atoms with E-state index >= 15 is 0 Å². The molecule has 3 aromatic heterocycles. The number of aromatic nitrogens is 4. The molecular weight excluding hydrogens is 474 g/mol. The summed E-state index contributed by atoms with van der Waals surface area (Å²) in [5.41, 5.74) is 0.738. The summed E-state index contributed by atoms with van der Waals surface area (Å²) in [4.78, 5) is 31.3. The molecule has 8 rings (SSSR count). The molecule has 3 N–H and O–H groups in total. The Labute approximate surface area is 213 Å². The highest BCUT2D eigenvalue weighted by atomic mass is 16.5. The lowest BCUT2D eigenvalue weighted by atomic mass is 9.83. The number of ether oxygens (including phenoxy) is 2. The Bertz CT molecular complexity index is 1460. The number of fused-ring (bicyclic) bond motifs is 2. The highest BCUT2D eigenvalue weighted by Gasteiger charge is 2.93. The van der Waals surface area contributed by atoms with E-state index in [-0.39, 0.29) is 34.8 Å². The summed E-state index contributed by atoms with van der Waals surface area (Å²) in [5, 5.41) is 13.8. The maximum absolute atomic E-state index is 13.4. The third kappa shape index (κ3) is 3.19. The number of carbonyl (C=O) groups excluding carboxylic acids is 1. The quantitative estimate of drug-likeness (QED) is 0.446. The molecule has 3 aliphatic carbocycles. The molecule has 5 heterocycles. The lowest BCUT2D eigenvalue weighted by Gasteiger charge is -2.37. The molecule has 2 saturated heterocycles. The van der Waals surface area contributed by atoms with Crippen LogP contribution in [0.3, 0.4) is 0 Å². The molecule has 2 bridgehead atoms. The summed E-state index contributed by atoms with van der Waals surface area (Å²) in [5.74, 6) is 1.80. The molecule has 11 heteroatoms. The van der Waals surface area contributed by atoms with Gasteiger partial charge in [-0.2, -0.15) is 9.61 Å². The second-order valence-electron chi connectivity index (χ2n) is 11.0. The summed E-state index contributed by atoms with van der Waals surface area (Å²) >= 11 is 0. The monoisotopic (exact) mass is 505 g/mol. The SMILES string of the molecule is CNc1cc(Nc2cccn([C@]34C5OC[C@@H]3[C@H]54)c2=O)nc2c(C(=O)N[C@@H]3CCC[C@@](C)(OC)C3)cnn12. The molecule has 5 fully saturated rings. The Morgan fingerprint density at radius 2 is 2.22 bits per heavy atom. The van der Waals surface area contributed by atoms with Crippen molar-refractivity contribution in [1.29, 1.82) is 0 Å². The average Bonchev–Trinajstić information content (AvgIpc) is 3.40. The van der Waals surface area contributed by atoms with Crippen molar-refractivity contribution in [2.45, 2.75) is 55.9 Å². The maximum atomic E-state index is 13.4. The average molecular weight is 506 g/mol. The van der Waals surface area contributed by atoms with Crippen LogP contribution in [0.15, 0.2) is 35.4 Å². The van der Waals surface area contributed by atoms with Crippen molar-refractivity contribution >= 4 is 28.9 Å². The van der Waals surface area contributed by atoms with Crippen LogP contribution in [-0.4, -0.2) is 63.6 Å². The third-order valence-electron chi connectivity index (χ3n) is 8.94. The summed E-state index contributed by atoms with van der Waals surface area (Å²) < 4.78 is 14.9. The zero-order chi connectivity index (χ0) is 25.5. The minimum atomic E-state index is -0.235. The molecule has 194 valence electrons. The van der Waals surface area contributed by atoms with Crippen LogP contribution in [0.4, 0.5) is 17.3 Å². The van der Waals surface area contributed by atoms with E-state index in [9.17, 15) is 9.59 Å². The number of hydrogen-bond donors (Lipinski definition) is 3. The van der Waals surface area contributed by atoms with Gasteiger partial charge in [-0.1, -0.05) is 0 Å². The normalized spacial score (nSPS) is 33.2. The van der Waals surface area contributed by atoms with Gasteiger partial charge in [-0.25, -0.2) is 4.98 Å². The van der Waals surface area contributed by atoms with Crippen molar-refractivity contribution in [1.82, 2.24) is 24.5 Å². The minimum absolute atomic E-state index is 0.0151. The molecule has 0 aromatic carbocycles. The Balaban J connectivity index is 1.17. The van der Waals surface area contributed by atoms with Gasteiger partial charge >= 0.3 is 0 Å². The molecule has 3 saturated carbocycles. The van der Waals surface area contributed by atoms with E-state index in [1.54, 1.807) is 30.8 Å². The number of pyridine rings is 1. The zero-order valence-corrected chi connectivity index (χ0v) is 21.2. The Hall–Kier alpha value is -3.44. The number of nitrogens with zero attached hydrogens (tertiary/aromatic N) is 4. The van der Waals surface area contributed by atoms with Gasteiger partial charge in [-0.05, 0) is 44.7 Å².